The monoisotopic (exact) mass is 371 g/mol. The number of hydrogen-bond donors (Lipinski definition) is 1. The summed E-state index contributed by atoms with van der Waals surface area (Å²) in [6, 6.07) is 15.6. The van der Waals surface area contributed by atoms with E-state index in [1.54, 1.807) is 23.0 Å². The second kappa shape index (κ2) is 8.44. The van der Waals surface area contributed by atoms with Gasteiger partial charge in [-0.2, -0.15) is 13.9 Å². The van der Waals surface area contributed by atoms with Crippen LogP contribution in [0.5, 0.6) is 5.75 Å². The smallest absolute Gasteiger partial charge is 0.387 e. The summed E-state index contributed by atoms with van der Waals surface area (Å²) in [5.74, 6) is -0.0661. The van der Waals surface area contributed by atoms with E-state index in [4.69, 9.17) is 0 Å². The summed E-state index contributed by atoms with van der Waals surface area (Å²) in [4.78, 5) is 12.3. The Hall–Kier alpha value is -3.22. The van der Waals surface area contributed by atoms with Crippen LogP contribution in [0.2, 0.25) is 0 Å². The standard InChI is InChI=1S/C20H19F2N3O2/c1-14(16-7-9-18(10-8-16)27-20(21)22)24-19(26)11-15-12-23-25(13-15)17-5-3-2-4-6-17/h2-10,12-14,20H,11H2,1H3,(H,24,26). The molecule has 0 spiro atoms. The lowest BCUT2D eigenvalue weighted by Gasteiger charge is -2.14. The van der Waals surface area contributed by atoms with Gasteiger partial charge in [0.05, 0.1) is 24.3 Å². The van der Waals surface area contributed by atoms with Crippen molar-refractivity contribution < 1.29 is 18.3 Å². The van der Waals surface area contributed by atoms with Gasteiger partial charge >= 0.3 is 6.61 Å². The Labute approximate surface area is 155 Å². The Bertz CT molecular complexity index is 880. The van der Waals surface area contributed by atoms with Crippen molar-refractivity contribution in [1.29, 1.82) is 0 Å². The summed E-state index contributed by atoms with van der Waals surface area (Å²) < 4.78 is 30.4. The molecule has 7 heteroatoms. The zero-order valence-corrected chi connectivity index (χ0v) is 14.7. The van der Waals surface area contributed by atoms with Gasteiger partial charge in [-0.05, 0) is 42.3 Å². The fourth-order valence-electron chi connectivity index (χ4n) is 2.67. The Balaban J connectivity index is 1.56. The number of nitrogens with one attached hydrogen (secondary N) is 1. The third kappa shape index (κ3) is 5.13. The molecule has 0 saturated carbocycles. The van der Waals surface area contributed by atoms with E-state index in [2.05, 4.69) is 15.2 Å². The number of nitrogens with zero attached hydrogens (tertiary/aromatic N) is 2. The highest BCUT2D eigenvalue weighted by Crippen LogP contribution is 2.19. The normalized spacial score (nSPS) is 12.0. The quantitative estimate of drug-likeness (QED) is 0.685. The third-order valence-corrected chi connectivity index (χ3v) is 4.00. The second-order valence-electron chi connectivity index (χ2n) is 6.04. The maximum absolute atomic E-state index is 12.3. The zero-order valence-electron chi connectivity index (χ0n) is 14.7. The van der Waals surface area contributed by atoms with Crippen LogP contribution in [0.1, 0.15) is 24.1 Å². The molecule has 27 heavy (non-hydrogen) atoms. The van der Waals surface area contributed by atoms with Gasteiger partial charge in [-0.1, -0.05) is 30.3 Å². The molecular formula is C20H19F2N3O2. The van der Waals surface area contributed by atoms with Gasteiger partial charge in [0.15, 0.2) is 0 Å². The number of aromatic nitrogens is 2. The maximum atomic E-state index is 12.3. The highest BCUT2D eigenvalue weighted by atomic mass is 19.3. The van der Waals surface area contributed by atoms with Crippen molar-refractivity contribution >= 4 is 5.91 Å². The Kier molecular flexibility index (Phi) is 5.80. The van der Waals surface area contributed by atoms with Gasteiger partial charge in [0, 0.05) is 6.20 Å². The molecule has 1 unspecified atom stereocenters. The molecule has 0 aliphatic rings. The molecule has 5 nitrogen and oxygen atoms in total. The summed E-state index contributed by atoms with van der Waals surface area (Å²) in [5.41, 5.74) is 2.51. The van der Waals surface area contributed by atoms with Gasteiger partial charge in [0.25, 0.3) is 0 Å². The van der Waals surface area contributed by atoms with E-state index < -0.39 is 6.61 Å². The number of amides is 1. The van der Waals surface area contributed by atoms with Crippen molar-refractivity contribution in [2.75, 3.05) is 0 Å². The van der Waals surface area contributed by atoms with Crippen LogP contribution in [0.3, 0.4) is 0 Å². The minimum atomic E-state index is -2.86. The highest BCUT2D eigenvalue weighted by Gasteiger charge is 2.12. The molecule has 3 aromatic rings. The van der Waals surface area contributed by atoms with Crippen molar-refractivity contribution in [2.24, 2.45) is 0 Å². The summed E-state index contributed by atoms with van der Waals surface area (Å²) in [7, 11) is 0. The van der Waals surface area contributed by atoms with Crippen LogP contribution in [-0.4, -0.2) is 22.3 Å². The maximum Gasteiger partial charge on any atom is 0.387 e. The Morgan fingerprint density at radius 1 is 1.15 bits per heavy atom. The van der Waals surface area contributed by atoms with Crippen LogP contribution >= 0.6 is 0 Å². The van der Waals surface area contributed by atoms with E-state index in [1.807, 2.05) is 43.5 Å². The predicted octanol–water partition coefficient (Wildman–Crippen LogP) is 3.89. The largest absolute Gasteiger partial charge is 0.435 e. The molecule has 0 bridgehead atoms. The number of alkyl halides is 2. The van der Waals surface area contributed by atoms with Gasteiger partial charge in [-0.3, -0.25) is 4.79 Å². The number of benzene rings is 2. The van der Waals surface area contributed by atoms with Gasteiger partial charge in [-0.15, -0.1) is 0 Å². The molecule has 1 aromatic heterocycles. The molecule has 1 N–H and O–H groups in total. The average Bonchev–Trinajstić information content (AvgIpc) is 3.11. The van der Waals surface area contributed by atoms with Crippen LogP contribution in [0.4, 0.5) is 8.78 Å². The summed E-state index contributed by atoms with van der Waals surface area (Å²) in [6.45, 7) is -1.03. The first kappa shape index (κ1) is 18.6. The second-order valence-corrected chi connectivity index (χ2v) is 6.04. The van der Waals surface area contributed by atoms with E-state index in [0.29, 0.717) is 0 Å². The van der Waals surface area contributed by atoms with Crippen LogP contribution in [0.15, 0.2) is 67.0 Å². The SMILES string of the molecule is CC(NC(=O)Cc1cnn(-c2ccccc2)c1)c1ccc(OC(F)F)cc1. The van der Waals surface area contributed by atoms with Gasteiger partial charge in [0.1, 0.15) is 5.75 Å². The first-order chi connectivity index (χ1) is 13.0. The topological polar surface area (TPSA) is 56.2 Å². The van der Waals surface area contributed by atoms with Crippen LogP contribution in [-0.2, 0) is 11.2 Å². The Morgan fingerprint density at radius 2 is 1.85 bits per heavy atom. The molecule has 0 saturated heterocycles. The highest BCUT2D eigenvalue weighted by molar-refractivity contribution is 5.78. The number of halogens is 2. The molecule has 0 radical (unpaired) electrons. The zero-order chi connectivity index (χ0) is 19.2. The molecule has 2 aromatic carbocycles. The summed E-state index contributed by atoms with van der Waals surface area (Å²) in [5, 5.41) is 7.16. The first-order valence-corrected chi connectivity index (χ1v) is 8.44. The molecule has 140 valence electrons. The number of para-hydroxylation sites is 1. The van der Waals surface area contributed by atoms with E-state index in [9.17, 15) is 13.6 Å². The number of ether oxygens (including phenoxy) is 1. The lowest BCUT2D eigenvalue weighted by Crippen LogP contribution is -2.28. The number of carbonyl (C=O) groups excluding carboxylic acids is 1. The fraction of sp³-hybridized carbons (Fsp3) is 0.200. The molecule has 1 heterocycles. The third-order valence-electron chi connectivity index (χ3n) is 4.00. The lowest BCUT2D eigenvalue weighted by molar-refractivity contribution is -0.121. The predicted molar refractivity (Wildman–Crippen MR) is 96.9 cm³/mol. The van der Waals surface area contributed by atoms with E-state index in [0.717, 1.165) is 16.8 Å². The summed E-state index contributed by atoms with van der Waals surface area (Å²) >= 11 is 0. The van der Waals surface area contributed by atoms with Crippen molar-refractivity contribution in [3.63, 3.8) is 0 Å². The van der Waals surface area contributed by atoms with Crippen LogP contribution < -0.4 is 10.1 Å². The fourth-order valence-corrected chi connectivity index (χ4v) is 2.67. The summed E-state index contributed by atoms with van der Waals surface area (Å²) in [6.07, 6.45) is 3.67. The molecule has 1 amide bonds. The van der Waals surface area contributed by atoms with E-state index in [-0.39, 0.29) is 24.1 Å². The Morgan fingerprint density at radius 3 is 2.52 bits per heavy atom. The van der Waals surface area contributed by atoms with E-state index >= 15 is 0 Å². The van der Waals surface area contributed by atoms with Crippen LogP contribution in [0.25, 0.3) is 5.69 Å². The van der Waals surface area contributed by atoms with Gasteiger partial charge < -0.3 is 10.1 Å². The minimum Gasteiger partial charge on any atom is -0.435 e. The number of rotatable bonds is 7. The van der Waals surface area contributed by atoms with Crippen LogP contribution in [0, 0.1) is 0 Å². The van der Waals surface area contributed by atoms with Crippen molar-refractivity contribution in [3.8, 4) is 11.4 Å². The minimum absolute atomic E-state index is 0.0839. The molecule has 0 aliphatic heterocycles. The molecule has 0 fully saturated rings. The molecule has 0 aliphatic carbocycles. The van der Waals surface area contributed by atoms with Gasteiger partial charge in [0.2, 0.25) is 5.91 Å². The number of carbonyl (C=O) groups is 1. The van der Waals surface area contributed by atoms with Gasteiger partial charge in [-0.25, -0.2) is 4.68 Å². The molecule has 3 rings (SSSR count). The van der Waals surface area contributed by atoms with Crippen molar-refractivity contribution in [1.82, 2.24) is 15.1 Å². The molecule has 1 atom stereocenters. The molecular weight excluding hydrogens is 352 g/mol. The van der Waals surface area contributed by atoms with Crippen molar-refractivity contribution in [2.45, 2.75) is 26.0 Å². The number of hydrogen-bond acceptors (Lipinski definition) is 3. The lowest BCUT2D eigenvalue weighted by atomic mass is 10.1. The average molecular weight is 371 g/mol. The first-order valence-electron chi connectivity index (χ1n) is 8.44. The van der Waals surface area contributed by atoms with E-state index in [1.165, 1.54) is 12.1 Å². The van der Waals surface area contributed by atoms with Crippen molar-refractivity contribution in [3.05, 3.63) is 78.1 Å².